The number of nitrogens with one attached hydrogen (secondary N) is 1. The number of hydrogen-bond donors (Lipinski definition) is 1. The molecule has 0 aliphatic carbocycles. The third-order valence-electron chi connectivity index (χ3n) is 6.81. The summed E-state index contributed by atoms with van der Waals surface area (Å²) >= 11 is 1.64. The average molecular weight is 477 g/mol. The van der Waals surface area contributed by atoms with Gasteiger partial charge in [-0.05, 0) is 24.3 Å². The summed E-state index contributed by atoms with van der Waals surface area (Å²) in [5.74, 6) is 0.0765. The van der Waals surface area contributed by atoms with Crippen LogP contribution in [0.25, 0.3) is 22.4 Å². The van der Waals surface area contributed by atoms with Gasteiger partial charge in [0.05, 0.1) is 27.8 Å². The van der Waals surface area contributed by atoms with Crippen LogP contribution in [0.5, 0.6) is 0 Å². The van der Waals surface area contributed by atoms with Gasteiger partial charge < -0.3 is 9.88 Å². The highest BCUT2D eigenvalue weighted by molar-refractivity contribution is 7.07. The quantitative estimate of drug-likeness (QED) is 0.478. The molecule has 2 aliphatic heterocycles. The lowest BCUT2D eigenvalue weighted by Crippen LogP contribution is -2.64. The van der Waals surface area contributed by atoms with E-state index in [-0.39, 0.29) is 11.7 Å². The predicted molar refractivity (Wildman–Crippen MR) is 130 cm³/mol. The van der Waals surface area contributed by atoms with Crippen molar-refractivity contribution in [2.45, 2.75) is 12.6 Å². The average Bonchev–Trinajstić information content (AvgIpc) is 3.49. The van der Waals surface area contributed by atoms with E-state index < -0.39 is 0 Å². The van der Waals surface area contributed by atoms with Crippen LogP contribution in [0.15, 0.2) is 53.4 Å². The second kappa shape index (κ2) is 8.90. The Bertz CT molecular complexity index is 1310. The predicted octanol–water partition coefficient (Wildman–Crippen LogP) is 3.47. The smallest absolute Gasteiger partial charge is 0.256 e. The first kappa shape index (κ1) is 21.4. The van der Waals surface area contributed by atoms with Gasteiger partial charge in [-0.15, -0.1) is 11.3 Å². The summed E-state index contributed by atoms with van der Waals surface area (Å²) in [6.45, 7) is 6.43. The lowest BCUT2D eigenvalue weighted by molar-refractivity contribution is 0.00644. The zero-order chi connectivity index (χ0) is 23.1. The van der Waals surface area contributed by atoms with Crippen molar-refractivity contribution in [2.75, 3.05) is 39.3 Å². The number of imidazole rings is 1. The van der Waals surface area contributed by atoms with Crippen molar-refractivity contribution < 1.29 is 9.18 Å². The van der Waals surface area contributed by atoms with Gasteiger partial charge in [-0.25, -0.2) is 14.4 Å². The molecule has 0 spiro atoms. The molecular formula is C25H25FN6OS. The Morgan fingerprint density at radius 3 is 2.68 bits per heavy atom. The molecule has 4 heterocycles. The Balaban J connectivity index is 1.10. The van der Waals surface area contributed by atoms with Crippen molar-refractivity contribution in [3.05, 3.63) is 70.4 Å². The maximum Gasteiger partial charge on any atom is 0.256 e. The molecule has 1 N–H and O–H groups in total. The second-order valence-electron chi connectivity index (χ2n) is 8.92. The molecule has 9 heteroatoms. The number of thiazole rings is 1. The molecule has 0 saturated carbocycles. The number of fused-ring (bicyclic) bond motifs is 1. The zero-order valence-electron chi connectivity index (χ0n) is 18.7. The molecule has 4 aromatic rings. The molecule has 0 bridgehead atoms. The van der Waals surface area contributed by atoms with Crippen LogP contribution in [0, 0.1) is 5.82 Å². The number of benzene rings is 2. The molecule has 34 heavy (non-hydrogen) atoms. The first-order chi connectivity index (χ1) is 16.7. The molecule has 2 fully saturated rings. The minimum atomic E-state index is -0.341. The third-order valence-corrected chi connectivity index (χ3v) is 7.45. The number of nitrogens with zero attached hydrogens (tertiary/aromatic N) is 5. The molecule has 2 aromatic heterocycles. The van der Waals surface area contributed by atoms with Crippen LogP contribution in [0.1, 0.15) is 16.1 Å². The van der Waals surface area contributed by atoms with Crippen LogP contribution in [-0.4, -0.2) is 80.9 Å². The molecule has 1 amide bonds. The molecular weight excluding hydrogens is 451 g/mol. The number of amides is 1. The second-order valence-corrected chi connectivity index (χ2v) is 9.64. The van der Waals surface area contributed by atoms with Crippen LogP contribution < -0.4 is 0 Å². The van der Waals surface area contributed by atoms with Gasteiger partial charge >= 0.3 is 0 Å². The van der Waals surface area contributed by atoms with E-state index in [1.54, 1.807) is 35.6 Å². The summed E-state index contributed by atoms with van der Waals surface area (Å²) in [4.78, 5) is 32.2. The third kappa shape index (κ3) is 4.00. The van der Waals surface area contributed by atoms with E-state index in [1.165, 1.54) is 6.07 Å². The fourth-order valence-electron chi connectivity index (χ4n) is 4.84. The Morgan fingerprint density at radius 1 is 1.09 bits per heavy atom. The molecule has 174 valence electrons. The maximum atomic E-state index is 14.2. The number of aromatic amines is 1. The number of hydrogen-bond acceptors (Lipinski definition) is 6. The molecule has 2 saturated heterocycles. The van der Waals surface area contributed by atoms with Gasteiger partial charge in [-0.2, -0.15) is 0 Å². The van der Waals surface area contributed by atoms with Crippen LogP contribution >= 0.6 is 11.3 Å². The van der Waals surface area contributed by atoms with Gasteiger partial charge in [0.2, 0.25) is 0 Å². The Kier molecular flexibility index (Phi) is 5.60. The first-order valence-electron chi connectivity index (χ1n) is 11.5. The number of likely N-dealkylation sites (tertiary alicyclic amines) is 1. The zero-order valence-corrected chi connectivity index (χ0v) is 19.5. The van der Waals surface area contributed by atoms with E-state index in [0.717, 1.165) is 57.0 Å². The van der Waals surface area contributed by atoms with Crippen molar-refractivity contribution in [1.82, 2.24) is 29.7 Å². The normalized spacial score (nSPS) is 17.9. The highest BCUT2D eigenvalue weighted by Gasteiger charge is 2.37. The maximum absolute atomic E-state index is 14.2. The summed E-state index contributed by atoms with van der Waals surface area (Å²) in [6.07, 6.45) is 0. The summed E-state index contributed by atoms with van der Waals surface area (Å²) in [5.41, 5.74) is 5.31. The van der Waals surface area contributed by atoms with E-state index in [9.17, 15) is 9.18 Å². The summed E-state index contributed by atoms with van der Waals surface area (Å²) in [7, 11) is 0. The van der Waals surface area contributed by atoms with Crippen molar-refractivity contribution in [2.24, 2.45) is 0 Å². The highest BCUT2D eigenvalue weighted by atomic mass is 32.1. The van der Waals surface area contributed by atoms with Gasteiger partial charge in [-0.3, -0.25) is 14.6 Å². The van der Waals surface area contributed by atoms with Crippen LogP contribution in [0.2, 0.25) is 0 Å². The van der Waals surface area contributed by atoms with Gasteiger partial charge in [0.25, 0.3) is 5.91 Å². The minimum Gasteiger partial charge on any atom is -0.338 e. The van der Waals surface area contributed by atoms with E-state index in [4.69, 9.17) is 0 Å². The number of para-hydroxylation sites is 1. The van der Waals surface area contributed by atoms with Crippen molar-refractivity contribution in [3.63, 3.8) is 0 Å². The van der Waals surface area contributed by atoms with Crippen molar-refractivity contribution >= 4 is 28.3 Å². The summed E-state index contributed by atoms with van der Waals surface area (Å²) < 4.78 is 14.2. The largest absolute Gasteiger partial charge is 0.338 e. The van der Waals surface area contributed by atoms with Crippen LogP contribution in [0.4, 0.5) is 4.39 Å². The Morgan fingerprint density at radius 2 is 1.91 bits per heavy atom. The molecule has 7 nitrogen and oxygen atoms in total. The van der Waals surface area contributed by atoms with E-state index in [2.05, 4.69) is 30.1 Å². The highest BCUT2D eigenvalue weighted by Crippen LogP contribution is 2.27. The number of H-pyrrole nitrogens is 1. The summed E-state index contributed by atoms with van der Waals surface area (Å²) in [6, 6.07) is 12.4. The van der Waals surface area contributed by atoms with Crippen LogP contribution in [-0.2, 0) is 6.54 Å². The molecule has 0 radical (unpaired) electrons. The number of rotatable bonds is 5. The monoisotopic (exact) mass is 476 g/mol. The van der Waals surface area contributed by atoms with Gasteiger partial charge in [0, 0.05) is 57.2 Å². The lowest BCUT2D eigenvalue weighted by Gasteiger charge is -2.48. The van der Waals surface area contributed by atoms with E-state index >= 15 is 0 Å². The molecule has 0 unspecified atom stereocenters. The topological polar surface area (TPSA) is 68.4 Å². The SMILES string of the molecule is O=C(c1cccc2[nH]c(-c3ccccc3F)nc12)N1CC(N2CCN(Cc3cscn3)CC2)C1. The van der Waals surface area contributed by atoms with Crippen molar-refractivity contribution in [3.8, 4) is 11.4 Å². The number of carbonyl (C=O) groups is 1. The molecule has 6 rings (SSSR count). The molecule has 2 aromatic carbocycles. The fraction of sp³-hybridized carbons (Fsp3) is 0.320. The number of halogens is 1. The lowest BCUT2D eigenvalue weighted by atomic mass is 10.0. The van der Waals surface area contributed by atoms with Crippen molar-refractivity contribution in [1.29, 1.82) is 0 Å². The number of aromatic nitrogens is 3. The van der Waals surface area contributed by atoms with E-state index in [1.807, 2.05) is 22.5 Å². The number of piperazine rings is 1. The van der Waals surface area contributed by atoms with E-state index in [0.29, 0.717) is 28.5 Å². The fourth-order valence-corrected chi connectivity index (χ4v) is 5.39. The minimum absolute atomic E-state index is 0.0180. The first-order valence-corrected chi connectivity index (χ1v) is 12.5. The summed E-state index contributed by atoms with van der Waals surface area (Å²) in [5, 5.41) is 2.11. The Hall–Kier alpha value is -3.14. The molecule has 0 atom stereocenters. The number of carbonyl (C=O) groups excluding carboxylic acids is 1. The van der Waals surface area contributed by atoms with Gasteiger partial charge in [-0.1, -0.05) is 18.2 Å². The standard InChI is InChI=1S/C25H25FN6OS/c26-21-6-2-1-4-19(21)24-28-22-7-3-5-20(23(22)29-24)25(33)32-13-18(14-32)31-10-8-30(9-11-31)12-17-15-34-16-27-17/h1-7,15-16,18H,8-14H2,(H,28,29). The van der Waals surface area contributed by atoms with Gasteiger partial charge in [0.15, 0.2) is 0 Å². The van der Waals surface area contributed by atoms with Gasteiger partial charge in [0.1, 0.15) is 17.2 Å². The molecule has 2 aliphatic rings. The Labute approximate surface area is 200 Å². The van der Waals surface area contributed by atoms with Crippen LogP contribution in [0.3, 0.4) is 0 Å².